The average molecular weight is 230 g/mol. The highest BCUT2D eigenvalue weighted by Crippen LogP contribution is 2.38. The largest absolute Gasteiger partial charge is 0.421 e. The number of hydrogen-bond acceptors (Lipinski definition) is 2. The quantitative estimate of drug-likeness (QED) is 0.814. The molecule has 2 heterocycles. The van der Waals surface area contributed by atoms with Gasteiger partial charge in [0, 0.05) is 24.2 Å². The van der Waals surface area contributed by atoms with E-state index in [4.69, 9.17) is 0 Å². The number of halogens is 3. The Bertz CT molecular complexity index is 516. The SMILES string of the molecule is CC(O)(c1ccc2nccn2c1)C(F)(F)F. The smallest absolute Gasteiger partial charge is 0.376 e. The Morgan fingerprint density at radius 3 is 2.62 bits per heavy atom. The average Bonchev–Trinajstić information content (AvgIpc) is 2.61. The number of rotatable bonds is 1. The lowest BCUT2D eigenvalue weighted by Gasteiger charge is -2.26. The number of nitrogens with zero attached hydrogens (tertiary/aromatic N) is 2. The van der Waals surface area contributed by atoms with Gasteiger partial charge in [0.15, 0.2) is 5.60 Å². The van der Waals surface area contributed by atoms with Crippen molar-refractivity contribution in [3.8, 4) is 0 Å². The Kier molecular flexibility index (Phi) is 2.20. The number of hydrogen-bond donors (Lipinski definition) is 1. The van der Waals surface area contributed by atoms with Crippen molar-refractivity contribution in [1.82, 2.24) is 9.38 Å². The van der Waals surface area contributed by atoms with Crippen LogP contribution < -0.4 is 0 Å². The molecule has 3 nitrogen and oxygen atoms in total. The van der Waals surface area contributed by atoms with Crippen LogP contribution in [-0.4, -0.2) is 20.7 Å². The molecule has 86 valence electrons. The van der Waals surface area contributed by atoms with Crippen LogP contribution in [0.15, 0.2) is 30.7 Å². The number of aliphatic hydroxyl groups is 1. The van der Waals surface area contributed by atoms with Crippen molar-refractivity contribution >= 4 is 5.65 Å². The van der Waals surface area contributed by atoms with E-state index in [1.165, 1.54) is 35.1 Å². The van der Waals surface area contributed by atoms with Gasteiger partial charge in [0.2, 0.25) is 0 Å². The van der Waals surface area contributed by atoms with Crippen molar-refractivity contribution in [2.75, 3.05) is 0 Å². The van der Waals surface area contributed by atoms with E-state index in [2.05, 4.69) is 4.98 Å². The third kappa shape index (κ3) is 1.55. The van der Waals surface area contributed by atoms with Gasteiger partial charge in [-0.05, 0) is 13.0 Å². The maximum atomic E-state index is 12.6. The summed E-state index contributed by atoms with van der Waals surface area (Å²) in [7, 11) is 0. The number of imidazole rings is 1. The van der Waals surface area contributed by atoms with Crippen LogP contribution in [-0.2, 0) is 5.60 Å². The highest BCUT2D eigenvalue weighted by molar-refractivity contribution is 5.40. The minimum atomic E-state index is -4.71. The zero-order valence-corrected chi connectivity index (χ0v) is 8.36. The van der Waals surface area contributed by atoms with Gasteiger partial charge in [-0.2, -0.15) is 13.2 Å². The molecule has 0 amide bonds. The Labute approximate surface area is 89.2 Å². The van der Waals surface area contributed by atoms with Crippen LogP contribution in [0.4, 0.5) is 13.2 Å². The lowest BCUT2D eigenvalue weighted by atomic mass is 9.97. The molecule has 0 fully saturated rings. The van der Waals surface area contributed by atoms with E-state index in [0.717, 1.165) is 6.92 Å². The third-order valence-corrected chi connectivity index (χ3v) is 2.50. The van der Waals surface area contributed by atoms with Crippen molar-refractivity contribution in [3.05, 3.63) is 36.3 Å². The molecular weight excluding hydrogens is 221 g/mol. The Hall–Kier alpha value is -1.56. The van der Waals surface area contributed by atoms with E-state index >= 15 is 0 Å². The van der Waals surface area contributed by atoms with Crippen molar-refractivity contribution in [2.24, 2.45) is 0 Å². The zero-order chi connectivity index (χ0) is 12.0. The van der Waals surface area contributed by atoms with Gasteiger partial charge in [0.05, 0.1) is 0 Å². The zero-order valence-electron chi connectivity index (χ0n) is 8.36. The highest BCUT2D eigenvalue weighted by Gasteiger charge is 2.51. The lowest BCUT2D eigenvalue weighted by molar-refractivity contribution is -0.259. The summed E-state index contributed by atoms with van der Waals surface area (Å²) in [5, 5.41) is 9.46. The molecule has 1 N–H and O–H groups in total. The summed E-state index contributed by atoms with van der Waals surface area (Å²) in [4.78, 5) is 3.90. The fourth-order valence-corrected chi connectivity index (χ4v) is 1.37. The summed E-state index contributed by atoms with van der Waals surface area (Å²) in [5.74, 6) is 0. The van der Waals surface area contributed by atoms with E-state index in [0.29, 0.717) is 5.65 Å². The molecule has 0 saturated heterocycles. The number of fused-ring (bicyclic) bond motifs is 1. The van der Waals surface area contributed by atoms with E-state index in [9.17, 15) is 18.3 Å². The van der Waals surface area contributed by atoms with E-state index in [1.54, 1.807) is 0 Å². The number of aromatic nitrogens is 2. The number of pyridine rings is 1. The topological polar surface area (TPSA) is 37.5 Å². The van der Waals surface area contributed by atoms with Crippen LogP contribution in [0.25, 0.3) is 5.65 Å². The van der Waals surface area contributed by atoms with Gasteiger partial charge >= 0.3 is 6.18 Å². The van der Waals surface area contributed by atoms with Gasteiger partial charge in [-0.15, -0.1) is 0 Å². The van der Waals surface area contributed by atoms with Gasteiger partial charge in [-0.1, -0.05) is 6.07 Å². The molecule has 1 atom stereocenters. The summed E-state index contributed by atoms with van der Waals surface area (Å²) in [6.07, 6.45) is -0.496. The summed E-state index contributed by atoms with van der Waals surface area (Å²) in [5.41, 5.74) is -2.54. The molecule has 0 spiro atoms. The van der Waals surface area contributed by atoms with Crippen molar-refractivity contribution in [1.29, 1.82) is 0 Å². The molecule has 2 rings (SSSR count). The molecule has 2 aromatic rings. The Balaban J connectivity index is 2.54. The van der Waals surface area contributed by atoms with Crippen LogP contribution in [0.1, 0.15) is 12.5 Å². The Morgan fingerprint density at radius 1 is 1.31 bits per heavy atom. The maximum Gasteiger partial charge on any atom is 0.421 e. The normalized spacial score (nSPS) is 16.3. The standard InChI is InChI=1S/C10H9F3N2O/c1-9(16,10(11,12)13)7-2-3-8-14-4-5-15(8)6-7/h2-6,16H,1H3. The van der Waals surface area contributed by atoms with Crippen molar-refractivity contribution in [2.45, 2.75) is 18.7 Å². The summed E-state index contributed by atoms with van der Waals surface area (Å²) in [6, 6.07) is 2.64. The van der Waals surface area contributed by atoms with Crippen LogP contribution in [0.3, 0.4) is 0 Å². The first-order valence-electron chi connectivity index (χ1n) is 4.55. The van der Waals surface area contributed by atoms with Gasteiger partial charge in [0.1, 0.15) is 5.65 Å². The highest BCUT2D eigenvalue weighted by atomic mass is 19.4. The van der Waals surface area contributed by atoms with Crippen LogP contribution >= 0.6 is 0 Å². The van der Waals surface area contributed by atoms with Crippen LogP contribution in [0.5, 0.6) is 0 Å². The van der Waals surface area contributed by atoms with Crippen LogP contribution in [0, 0.1) is 0 Å². The molecule has 6 heteroatoms. The minimum Gasteiger partial charge on any atom is -0.376 e. The van der Waals surface area contributed by atoms with E-state index in [1.807, 2.05) is 0 Å². The third-order valence-electron chi connectivity index (χ3n) is 2.50. The fraction of sp³-hybridized carbons (Fsp3) is 0.300. The van der Waals surface area contributed by atoms with Crippen LogP contribution in [0.2, 0.25) is 0 Å². The molecule has 16 heavy (non-hydrogen) atoms. The molecule has 0 aromatic carbocycles. The molecule has 0 saturated carbocycles. The molecule has 2 aromatic heterocycles. The van der Waals surface area contributed by atoms with Crippen molar-refractivity contribution < 1.29 is 18.3 Å². The summed E-state index contributed by atoms with van der Waals surface area (Å²) < 4.78 is 39.1. The second kappa shape index (κ2) is 3.21. The van der Waals surface area contributed by atoms with Gasteiger partial charge in [0.25, 0.3) is 0 Å². The van der Waals surface area contributed by atoms with Crippen molar-refractivity contribution in [3.63, 3.8) is 0 Å². The maximum absolute atomic E-state index is 12.6. The minimum absolute atomic E-state index is 0.217. The summed E-state index contributed by atoms with van der Waals surface area (Å²) in [6.45, 7) is 0.727. The molecule has 0 aliphatic heterocycles. The molecule has 1 unspecified atom stereocenters. The van der Waals surface area contributed by atoms with Gasteiger partial charge in [-0.3, -0.25) is 0 Å². The first kappa shape index (κ1) is 10.9. The first-order valence-corrected chi connectivity index (χ1v) is 4.55. The predicted molar refractivity (Wildman–Crippen MR) is 50.8 cm³/mol. The Morgan fingerprint density at radius 2 is 2.00 bits per heavy atom. The fourth-order valence-electron chi connectivity index (χ4n) is 1.37. The molecule has 0 aliphatic rings. The first-order chi connectivity index (χ1) is 7.32. The summed E-state index contributed by atoms with van der Waals surface area (Å²) >= 11 is 0. The second-order valence-electron chi connectivity index (χ2n) is 3.68. The van der Waals surface area contributed by atoms with Gasteiger partial charge < -0.3 is 9.51 Å². The molecule has 0 radical (unpaired) electrons. The molecule has 0 aliphatic carbocycles. The van der Waals surface area contributed by atoms with Gasteiger partial charge in [-0.25, -0.2) is 4.98 Å². The number of alkyl halides is 3. The monoisotopic (exact) mass is 230 g/mol. The predicted octanol–water partition coefficient (Wildman–Crippen LogP) is 2.10. The second-order valence-corrected chi connectivity index (χ2v) is 3.68. The molecular formula is C10H9F3N2O. The lowest BCUT2D eigenvalue weighted by Crippen LogP contribution is -2.39. The molecule has 0 bridgehead atoms. The van der Waals surface area contributed by atoms with E-state index < -0.39 is 11.8 Å². The van der Waals surface area contributed by atoms with E-state index in [-0.39, 0.29) is 5.56 Å².